The number of amides is 1. The zero-order valence-corrected chi connectivity index (χ0v) is 12.0. The maximum absolute atomic E-state index is 12.2. The Morgan fingerprint density at radius 2 is 1.95 bits per heavy atom. The Balaban J connectivity index is 1.59. The van der Waals surface area contributed by atoms with E-state index >= 15 is 0 Å². The summed E-state index contributed by atoms with van der Waals surface area (Å²) in [7, 11) is 0. The quantitative estimate of drug-likeness (QED) is 0.937. The molecule has 110 valence electrons. The first-order valence-corrected chi connectivity index (χ1v) is 7.53. The number of benzene rings is 1. The summed E-state index contributed by atoms with van der Waals surface area (Å²) in [6.07, 6.45) is 9.16. The molecule has 1 heterocycles. The Labute approximate surface area is 124 Å². The highest BCUT2D eigenvalue weighted by molar-refractivity contribution is 5.94. The topological polar surface area (TPSA) is 59.8 Å². The molecule has 1 saturated carbocycles. The van der Waals surface area contributed by atoms with Crippen LogP contribution in [0.2, 0.25) is 0 Å². The molecular formula is C16H20N4O. The zero-order valence-electron chi connectivity index (χ0n) is 12.0. The number of carbonyl (C=O) groups excluding carboxylic acids is 1. The van der Waals surface area contributed by atoms with Gasteiger partial charge in [-0.15, -0.1) is 0 Å². The fraction of sp³-hybridized carbons (Fsp3) is 0.438. The van der Waals surface area contributed by atoms with Crippen molar-refractivity contribution in [3.8, 4) is 0 Å². The third-order valence-corrected chi connectivity index (χ3v) is 3.97. The van der Waals surface area contributed by atoms with Gasteiger partial charge in [-0.05, 0) is 30.5 Å². The fourth-order valence-corrected chi connectivity index (χ4v) is 2.78. The molecule has 0 saturated heterocycles. The van der Waals surface area contributed by atoms with Crippen LogP contribution in [0.1, 0.15) is 48.0 Å². The van der Waals surface area contributed by atoms with Gasteiger partial charge in [-0.1, -0.05) is 31.4 Å². The van der Waals surface area contributed by atoms with E-state index in [1.165, 1.54) is 25.6 Å². The van der Waals surface area contributed by atoms with E-state index in [0.717, 1.165) is 24.0 Å². The highest BCUT2D eigenvalue weighted by Gasteiger charge is 2.16. The van der Waals surface area contributed by atoms with E-state index in [4.69, 9.17) is 0 Å². The second-order valence-electron chi connectivity index (χ2n) is 5.60. The molecule has 0 bridgehead atoms. The van der Waals surface area contributed by atoms with Gasteiger partial charge in [-0.3, -0.25) is 4.79 Å². The lowest BCUT2D eigenvalue weighted by Gasteiger charge is -2.22. The number of carbonyl (C=O) groups is 1. The minimum absolute atomic E-state index is 0.0363. The van der Waals surface area contributed by atoms with Crippen molar-refractivity contribution in [2.24, 2.45) is 0 Å². The van der Waals surface area contributed by atoms with Crippen LogP contribution in [0.3, 0.4) is 0 Å². The van der Waals surface area contributed by atoms with Crippen LogP contribution in [0.4, 0.5) is 0 Å². The number of aromatic nitrogens is 3. The molecule has 1 amide bonds. The molecule has 3 rings (SSSR count). The van der Waals surface area contributed by atoms with Crippen LogP contribution >= 0.6 is 0 Å². The molecule has 1 aliphatic carbocycles. The lowest BCUT2D eigenvalue weighted by atomic mass is 9.95. The summed E-state index contributed by atoms with van der Waals surface area (Å²) in [4.78, 5) is 16.1. The highest BCUT2D eigenvalue weighted by Crippen LogP contribution is 2.18. The molecule has 2 aromatic rings. The maximum atomic E-state index is 12.2. The number of nitrogens with one attached hydrogen (secondary N) is 1. The summed E-state index contributed by atoms with van der Waals surface area (Å²) in [5.74, 6) is 0.0363. The molecule has 0 aliphatic heterocycles. The van der Waals surface area contributed by atoms with Crippen molar-refractivity contribution in [3.63, 3.8) is 0 Å². The van der Waals surface area contributed by atoms with Gasteiger partial charge in [0.1, 0.15) is 12.7 Å². The van der Waals surface area contributed by atoms with E-state index in [-0.39, 0.29) is 5.91 Å². The lowest BCUT2D eigenvalue weighted by molar-refractivity contribution is 0.0927. The average molecular weight is 284 g/mol. The first kappa shape index (κ1) is 13.8. The molecule has 1 N–H and O–H groups in total. The zero-order chi connectivity index (χ0) is 14.5. The minimum atomic E-state index is 0.0363. The van der Waals surface area contributed by atoms with Crippen LogP contribution in [0, 0.1) is 0 Å². The Morgan fingerprint density at radius 3 is 2.62 bits per heavy atom. The Hall–Kier alpha value is -2.17. The second kappa shape index (κ2) is 6.52. The Morgan fingerprint density at radius 1 is 1.19 bits per heavy atom. The van der Waals surface area contributed by atoms with Gasteiger partial charge >= 0.3 is 0 Å². The van der Waals surface area contributed by atoms with Gasteiger partial charge in [0.25, 0.3) is 5.91 Å². The van der Waals surface area contributed by atoms with Gasteiger partial charge in [0.15, 0.2) is 0 Å². The van der Waals surface area contributed by atoms with E-state index in [2.05, 4.69) is 15.4 Å². The van der Waals surface area contributed by atoms with Crippen molar-refractivity contribution in [2.75, 3.05) is 0 Å². The van der Waals surface area contributed by atoms with E-state index in [0.29, 0.717) is 12.6 Å². The van der Waals surface area contributed by atoms with Gasteiger partial charge in [0.05, 0.1) is 6.54 Å². The summed E-state index contributed by atoms with van der Waals surface area (Å²) < 4.78 is 1.76. The van der Waals surface area contributed by atoms with Gasteiger partial charge in [-0.2, -0.15) is 5.10 Å². The van der Waals surface area contributed by atoms with Crippen molar-refractivity contribution in [1.29, 1.82) is 0 Å². The Kier molecular flexibility index (Phi) is 4.28. The summed E-state index contributed by atoms with van der Waals surface area (Å²) in [6.45, 7) is 0.671. The van der Waals surface area contributed by atoms with Gasteiger partial charge in [-0.25, -0.2) is 9.67 Å². The highest BCUT2D eigenvalue weighted by atomic mass is 16.1. The summed E-state index contributed by atoms with van der Waals surface area (Å²) >= 11 is 0. The summed E-state index contributed by atoms with van der Waals surface area (Å²) in [5, 5.41) is 7.21. The van der Waals surface area contributed by atoms with Crippen molar-refractivity contribution in [1.82, 2.24) is 20.1 Å². The molecule has 1 aromatic carbocycles. The SMILES string of the molecule is O=C(NC1CCCCC1)c1ccc(Cn2cncn2)cc1. The van der Waals surface area contributed by atoms with Gasteiger partial charge < -0.3 is 5.32 Å². The minimum Gasteiger partial charge on any atom is -0.349 e. The molecule has 0 spiro atoms. The van der Waals surface area contributed by atoms with Crippen molar-refractivity contribution < 1.29 is 4.79 Å². The molecule has 5 nitrogen and oxygen atoms in total. The Bertz CT molecular complexity index is 571. The van der Waals surface area contributed by atoms with Crippen LogP contribution in [-0.2, 0) is 6.54 Å². The molecule has 1 aliphatic rings. The van der Waals surface area contributed by atoms with Crippen LogP contribution < -0.4 is 5.32 Å². The van der Waals surface area contributed by atoms with Crippen LogP contribution in [-0.4, -0.2) is 26.7 Å². The molecule has 21 heavy (non-hydrogen) atoms. The van der Waals surface area contributed by atoms with E-state index < -0.39 is 0 Å². The second-order valence-corrected chi connectivity index (χ2v) is 5.60. The monoisotopic (exact) mass is 284 g/mol. The van der Waals surface area contributed by atoms with E-state index in [1.807, 2.05) is 24.3 Å². The van der Waals surface area contributed by atoms with Gasteiger partial charge in [0.2, 0.25) is 0 Å². The van der Waals surface area contributed by atoms with Crippen molar-refractivity contribution in [2.45, 2.75) is 44.7 Å². The first-order valence-electron chi connectivity index (χ1n) is 7.53. The number of hydrogen-bond donors (Lipinski definition) is 1. The molecule has 0 unspecified atom stereocenters. The normalized spacial score (nSPS) is 15.8. The molecule has 0 radical (unpaired) electrons. The number of hydrogen-bond acceptors (Lipinski definition) is 3. The first-order chi connectivity index (χ1) is 10.3. The average Bonchev–Trinajstić information content (AvgIpc) is 3.02. The lowest BCUT2D eigenvalue weighted by Crippen LogP contribution is -2.36. The van der Waals surface area contributed by atoms with E-state index in [9.17, 15) is 4.79 Å². The third-order valence-electron chi connectivity index (χ3n) is 3.97. The third kappa shape index (κ3) is 3.68. The van der Waals surface area contributed by atoms with Gasteiger partial charge in [0, 0.05) is 11.6 Å². The predicted octanol–water partition coefficient (Wildman–Crippen LogP) is 2.39. The van der Waals surface area contributed by atoms with Crippen molar-refractivity contribution >= 4 is 5.91 Å². The smallest absolute Gasteiger partial charge is 0.251 e. The molecule has 0 atom stereocenters. The molecular weight excluding hydrogens is 264 g/mol. The maximum Gasteiger partial charge on any atom is 0.251 e. The number of nitrogens with zero attached hydrogens (tertiary/aromatic N) is 3. The molecule has 1 aromatic heterocycles. The molecule has 5 heteroatoms. The standard InChI is InChI=1S/C16H20N4O/c21-16(19-15-4-2-1-3-5-15)14-8-6-13(7-9-14)10-20-12-17-11-18-20/h6-9,11-12,15H,1-5,10H2,(H,19,21). The van der Waals surface area contributed by atoms with Crippen LogP contribution in [0.5, 0.6) is 0 Å². The summed E-state index contributed by atoms with van der Waals surface area (Å²) in [6, 6.07) is 8.05. The molecule has 1 fully saturated rings. The van der Waals surface area contributed by atoms with Crippen LogP contribution in [0.15, 0.2) is 36.9 Å². The van der Waals surface area contributed by atoms with E-state index in [1.54, 1.807) is 11.0 Å². The van der Waals surface area contributed by atoms with Crippen molar-refractivity contribution in [3.05, 3.63) is 48.0 Å². The predicted molar refractivity (Wildman–Crippen MR) is 79.9 cm³/mol. The summed E-state index contributed by atoms with van der Waals surface area (Å²) in [5.41, 5.74) is 1.83. The van der Waals surface area contributed by atoms with Crippen LogP contribution in [0.25, 0.3) is 0 Å². The fourth-order valence-electron chi connectivity index (χ4n) is 2.78. The number of rotatable bonds is 4. The largest absolute Gasteiger partial charge is 0.349 e.